The lowest BCUT2D eigenvalue weighted by molar-refractivity contribution is 0.0831. The lowest BCUT2D eigenvalue weighted by Gasteiger charge is -2.16. The van der Waals surface area contributed by atoms with E-state index >= 15 is 0 Å². The summed E-state index contributed by atoms with van der Waals surface area (Å²) in [5.74, 6) is 1.31. The predicted molar refractivity (Wildman–Crippen MR) is 119 cm³/mol. The number of hydrogen-bond donors (Lipinski definition) is 3. The number of aliphatic hydroxyl groups excluding tert-OH is 1. The molecule has 0 aliphatic heterocycles. The van der Waals surface area contributed by atoms with Crippen molar-refractivity contribution in [1.82, 2.24) is 14.9 Å². The molecule has 0 saturated carbocycles. The highest BCUT2D eigenvalue weighted by Gasteiger charge is 2.08. The summed E-state index contributed by atoms with van der Waals surface area (Å²) in [6.45, 7) is 0.758. The Morgan fingerprint density at radius 2 is 1.70 bits per heavy atom. The van der Waals surface area contributed by atoms with Crippen LogP contribution in [-0.2, 0) is 0 Å². The van der Waals surface area contributed by atoms with Crippen LogP contribution < -0.4 is 15.4 Å². The van der Waals surface area contributed by atoms with Gasteiger partial charge in [-0.15, -0.1) is 0 Å². The van der Waals surface area contributed by atoms with E-state index in [0.717, 1.165) is 5.69 Å². The molecule has 0 saturated heterocycles. The number of likely N-dealkylation sites (N-methyl/N-ethyl adjacent to an activating group) is 1. The largest absolute Gasteiger partial charge is 0.491 e. The molecule has 30 heavy (non-hydrogen) atoms. The molecular formula is C21H23BrFN5O2. The van der Waals surface area contributed by atoms with Gasteiger partial charge < -0.3 is 25.4 Å². The number of nitrogens with one attached hydrogen (secondary N) is 2. The predicted octanol–water partition coefficient (Wildman–Crippen LogP) is 4.17. The van der Waals surface area contributed by atoms with Crippen molar-refractivity contribution in [2.75, 3.05) is 37.9 Å². The number of anilines is 4. The first-order valence-electron chi connectivity index (χ1n) is 9.27. The van der Waals surface area contributed by atoms with Crippen molar-refractivity contribution in [3.63, 3.8) is 0 Å². The fourth-order valence-corrected chi connectivity index (χ4v) is 2.91. The summed E-state index contributed by atoms with van der Waals surface area (Å²) in [7, 11) is 3.79. The van der Waals surface area contributed by atoms with E-state index in [0.29, 0.717) is 34.2 Å². The summed E-state index contributed by atoms with van der Waals surface area (Å²) < 4.78 is 19.4. The summed E-state index contributed by atoms with van der Waals surface area (Å²) in [6, 6.07) is 13.3. The van der Waals surface area contributed by atoms with E-state index in [2.05, 4.69) is 36.5 Å². The van der Waals surface area contributed by atoms with E-state index in [9.17, 15) is 9.50 Å². The van der Waals surface area contributed by atoms with Crippen molar-refractivity contribution >= 4 is 39.1 Å². The van der Waals surface area contributed by atoms with Gasteiger partial charge in [0.15, 0.2) is 0 Å². The van der Waals surface area contributed by atoms with Crippen LogP contribution in [0.1, 0.15) is 0 Å². The standard InChI is InChI=1S/C21H23BrFN5O2/c1-28(2)12-17(29)13-30-18-9-7-16(8-10-18)26-21-24-11-19(22)20(27-21)25-15-5-3-14(23)4-6-15/h3-11,17,29H,12-13H2,1-2H3,(H2,24,25,26,27). The molecule has 0 bridgehead atoms. The Bertz CT molecular complexity index is 955. The average Bonchev–Trinajstić information content (AvgIpc) is 2.71. The Balaban J connectivity index is 1.61. The van der Waals surface area contributed by atoms with Gasteiger partial charge >= 0.3 is 0 Å². The minimum atomic E-state index is -0.555. The van der Waals surface area contributed by atoms with Crippen LogP contribution in [0.4, 0.5) is 27.5 Å². The summed E-state index contributed by atoms with van der Waals surface area (Å²) in [5, 5.41) is 16.1. The number of aliphatic hydroxyl groups is 1. The molecule has 0 amide bonds. The lowest BCUT2D eigenvalue weighted by Crippen LogP contribution is -2.30. The summed E-state index contributed by atoms with van der Waals surface area (Å²) in [4.78, 5) is 10.6. The van der Waals surface area contributed by atoms with Crippen molar-refractivity contribution in [2.45, 2.75) is 6.10 Å². The molecule has 1 atom stereocenters. The van der Waals surface area contributed by atoms with Gasteiger partial charge in [-0.05, 0) is 78.6 Å². The number of ether oxygens (including phenoxy) is 1. The maximum absolute atomic E-state index is 13.1. The van der Waals surface area contributed by atoms with Crippen LogP contribution in [0.15, 0.2) is 59.2 Å². The fourth-order valence-electron chi connectivity index (χ4n) is 2.62. The third kappa shape index (κ3) is 6.65. The maximum atomic E-state index is 13.1. The molecular weight excluding hydrogens is 453 g/mol. The molecule has 1 unspecified atom stereocenters. The molecule has 0 aliphatic carbocycles. The zero-order chi connectivity index (χ0) is 21.5. The number of halogens is 2. The molecule has 0 spiro atoms. The fraction of sp³-hybridized carbons (Fsp3) is 0.238. The number of benzene rings is 2. The first kappa shape index (κ1) is 21.9. The highest BCUT2D eigenvalue weighted by Crippen LogP contribution is 2.26. The number of aromatic nitrogens is 2. The molecule has 0 fully saturated rings. The van der Waals surface area contributed by atoms with Gasteiger partial charge in [-0.2, -0.15) is 4.98 Å². The molecule has 3 rings (SSSR count). The normalized spacial score (nSPS) is 11.9. The van der Waals surface area contributed by atoms with Crippen LogP contribution in [0.25, 0.3) is 0 Å². The molecule has 9 heteroatoms. The molecule has 7 nitrogen and oxygen atoms in total. The third-order valence-corrected chi connectivity index (χ3v) is 4.56. The maximum Gasteiger partial charge on any atom is 0.229 e. The first-order valence-corrected chi connectivity index (χ1v) is 10.1. The lowest BCUT2D eigenvalue weighted by atomic mass is 10.3. The monoisotopic (exact) mass is 475 g/mol. The van der Waals surface area contributed by atoms with Gasteiger partial charge in [0, 0.05) is 24.1 Å². The van der Waals surface area contributed by atoms with E-state index in [1.165, 1.54) is 12.1 Å². The first-order chi connectivity index (χ1) is 14.4. The van der Waals surface area contributed by atoms with Crippen molar-refractivity contribution in [1.29, 1.82) is 0 Å². The molecule has 3 N–H and O–H groups in total. The van der Waals surface area contributed by atoms with Crippen molar-refractivity contribution in [2.24, 2.45) is 0 Å². The second-order valence-electron chi connectivity index (χ2n) is 6.90. The Morgan fingerprint density at radius 3 is 2.37 bits per heavy atom. The van der Waals surface area contributed by atoms with E-state index < -0.39 is 6.10 Å². The topological polar surface area (TPSA) is 82.5 Å². The second-order valence-corrected chi connectivity index (χ2v) is 7.75. The van der Waals surface area contributed by atoms with Gasteiger partial charge in [-0.3, -0.25) is 0 Å². The molecule has 3 aromatic rings. The van der Waals surface area contributed by atoms with Gasteiger partial charge in [0.1, 0.15) is 30.1 Å². The highest BCUT2D eigenvalue weighted by atomic mass is 79.9. The van der Waals surface area contributed by atoms with Crippen molar-refractivity contribution in [3.8, 4) is 5.75 Å². The number of rotatable bonds is 9. The van der Waals surface area contributed by atoms with Crippen LogP contribution >= 0.6 is 15.9 Å². The van der Waals surface area contributed by atoms with E-state index in [4.69, 9.17) is 4.74 Å². The Hall–Kier alpha value is -2.75. The van der Waals surface area contributed by atoms with Gasteiger partial charge in [-0.25, -0.2) is 9.37 Å². The molecule has 2 aromatic carbocycles. The second kappa shape index (κ2) is 10.3. The van der Waals surface area contributed by atoms with Crippen LogP contribution in [-0.4, -0.2) is 53.3 Å². The third-order valence-electron chi connectivity index (χ3n) is 3.98. The molecule has 1 heterocycles. The Kier molecular flexibility index (Phi) is 7.56. The highest BCUT2D eigenvalue weighted by molar-refractivity contribution is 9.10. The van der Waals surface area contributed by atoms with Gasteiger partial charge in [0.25, 0.3) is 0 Å². The number of nitrogens with zero attached hydrogens (tertiary/aromatic N) is 3. The van der Waals surface area contributed by atoms with E-state index in [-0.39, 0.29) is 12.4 Å². The summed E-state index contributed by atoms with van der Waals surface area (Å²) in [5.41, 5.74) is 1.49. The Morgan fingerprint density at radius 1 is 1.07 bits per heavy atom. The zero-order valence-electron chi connectivity index (χ0n) is 16.6. The smallest absolute Gasteiger partial charge is 0.229 e. The van der Waals surface area contributed by atoms with Crippen LogP contribution in [0.3, 0.4) is 0 Å². The minimum Gasteiger partial charge on any atom is -0.491 e. The van der Waals surface area contributed by atoms with Crippen LogP contribution in [0.5, 0.6) is 5.75 Å². The van der Waals surface area contributed by atoms with Crippen LogP contribution in [0.2, 0.25) is 0 Å². The minimum absolute atomic E-state index is 0.221. The molecule has 0 aliphatic rings. The summed E-state index contributed by atoms with van der Waals surface area (Å²) in [6.07, 6.45) is 1.08. The van der Waals surface area contributed by atoms with Gasteiger partial charge in [-0.1, -0.05) is 0 Å². The van der Waals surface area contributed by atoms with Gasteiger partial charge in [0.2, 0.25) is 5.95 Å². The molecule has 1 aromatic heterocycles. The van der Waals surface area contributed by atoms with E-state index in [1.54, 1.807) is 30.5 Å². The molecule has 158 valence electrons. The number of hydrogen-bond acceptors (Lipinski definition) is 7. The van der Waals surface area contributed by atoms with Crippen molar-refractivity contribution < 1.29 is 14.2 Å². The van der Waals surface area contributed by atoms with Gasteiger partial charge in [0.05, 0.1) is 4.47 Å². The zero-order valence-corrected chi connectivity index (χ0v) is 18.2. The average molecular weight is 476 g/mol. The molecule has 0 radical (unpaired) electrons. The quantitative estimate of drug-likeness (QED) is 0.428. The van der Waals surface area contributed by atoms with E-state index in [1.807, 2.05) is 31.1 Å². The SMILES string of the molecule is CN(C)CC(O)COc1ccc(Nc2ncc(Br)c(Nc3ccc(F)cc3)n2)cc1. The Labute approximate surface area is 183 Å². The van der Waals surface area contributed by atoms with Crippen molar-refractivity contribution in [3.05, 3.63) is 65.0 Å². The van der Waals surface area contributed by atoms with Crippen LogP contribution in [0, 0.1) is 5.82 Å². The summed E-state index contributed by atoms with van der Waals surface area (Å²) >= 11 is 3.41.